The zero-order chi connectivity index (χ0) is 20.5. The molecule has 0 aliphatic carbocycles. The van der Waals surface area contributed by atoms with Crippen molar-refractivity contribution in [3.63, 3.8) is 0 Å². The Hall–Kier alpha value is -3.13. The molecule has 1 fully saturated rings. The van der Waals surface area contributed by atoms with E-state index in [1.165, 1.54) is 0 Å². The first kappa shape index (κ1) is 19.2. The molecular formula is C21H23N3O5. The zero-order valence-corrected chi connectivity index (χ0v) is 16.6. The maximum absolute atomic E-state index is 12.6. The molecule has 0 bridgehead atoms. The number of furan rings is 1. The van der Waals surface area contributed by atoms with Gasteiger partial charge in [0.2, 0.25) is 5.88 Å². The van der Waals surface area contributed by atoms with Crippen molar-refractivity contribution in [3.8, 4) is 5.75 Å². The summed E-state index contributed by atoms with van der Waals surface area (Å²) in [7, 11) is 0. The second-order valence-corrected chi connectivity index (χ2v) is 7.11. The number of esters is 1. The molecule has 2 aromatic heterocycles. The zero-order valence-electron chi connectivity index (χ0n) is 16.6. The van der Waals surface area contributed by atoms with Gasteiger partial charge in [0.05, 0.1) is 18.8 Å². The molecule has 1 saturated heterocycles. The number of aliphatic imine (C=N–C) groups is 1. The van der Waals surface area contributed by atoms with Gasteiger partial charge in [-0.3, -0.25) is 0 Å². The molecule has 2 aliphatic heterocycles. The van der Waals surface area contributed by atoms with E-state index in [4.69, 9.17) is 13.9 Å². The summed E-state index contributed by atoms with van der Waals surface area (Å²) in [6.45, 7) is 6.90. The summed E-state index contributed by atoms with van der Waals surface area (Å²) in [5.41, 5.74) is 1.60. The Morgan fingerprint density at radius 3 is 2.86 bits per heavy atom. The number of morpholine rings is 1. The summed E-state index contributed by atoms with van der Waals surface area (Å²) in [6, 6.07) is 3.70. The number of aromatic hydroxyl groups is 1. The average Bonchev–Trinajstić information content (AvgIpc) is 3.23. The van der Waals surface area contributed by atoms with Gasteiger partial charge < -0.3 is 23.9 Å². The first-order chi connectivity index (χ1) is 14.0. The second kappa shape index (κ2) is 7.71. The third-order valence-electron chi connectivity index (χ3n) is 4.79. The molecule has 2 aromatic rings. The predicted molar refractivity (Wildman–Crippen MR) is 109 cm³/mol. The molecule has 8 heteroatoms. The normalized spacial score (nSPS) is 22.2. The molecule has 4 rings (SSSR count). The monoisotopic (exact) mass is 397 g/mol. The topological polar surface area (TPSA) is 97.4 Å². The number of hydrogen-bond acceptors (Lipinski definition) is 8. The molecule has 2 aliphatic rings. The van der Waals surface area contributed by atoms with E-state index in [9.17, 15) is 9.90 Å². The lowest BCUT2D eigenvalue weighted by molar-refractivity contribution is -0.00657. The summed E-state index contributed by atoms with van der Waals surface area (Å²) < 4.78 is 16.9. The molecular weight excluding hydrogens is 374 g/mol. The SMILES string of the molecule is CCOC(=O)c1c(N2C[C@@H](C)O[C@@H](C)C2)oc(C=C2C=Nc3ncccc32)c1O. The molecule has 2 atom stereocenters. The van der Waals surface area contributed by atoms with Gasteiger partial charge in [-0.1, -0.05) is 0 Å². The Balaban J connectivity index is 1.77. The van der Waals surface area contributed by atoms with E-state index in [1.54, 1.807) is 25.4 Å². The average molecular weight is 397 g/mol. The van der Waals surface area contributed by atoms with E-state index in [-0.39, 0.29) is 41.8 Å². The van der Waals surface area contributed by atoms with Gasteiger partial charge in [-0.2, -0.15) is 0 Å². The summed E-state index contributed by atoms with van der Waals surface area (Å²) in [6.07, 6.45) is 4.90. The van der Waals surface area contributed by atoms with Crippen LogP contribution in [0.3, 0.4) is 0 Å². The minimum atomic E-state index is -0.623. The van der Waals surface area contributed by atoms with Crippen LogP contribution in [0.25, 0.3) is 11.6 Å². The van der Waals surface area contributed by atoms with Crippen LogP contribution in [0.2, 0.25) is 0 Å². The highest BCUT2D eigenvalue weighted by atomic mass is 16.5. The quantitative estimate of drug-likeness (QED) is 0.790. The highest BCUT2D eigenvalue weighted by Crippen LogP contribution is 2.40. The largest absolute Gasteiger partial charge is 0.504 e. The fraction of sp³-hybridized carbons (Fsp3) is 0.381. The van der Waals surface area contributed by atoms with Crippen LogP contribution in [0.15, 0.2) is 27.7 Å². The number of anilines is 1. The van der Waals surface area contributed by atoms with Gasteiger partial charge in [-0.15, -0.1) is 0 Å². The van der Waals surface area contributed by atoms with Crippen LogP contribution < -0.4 is 4.90 Å². The molecule has 29 heavy (non-hydrogen) atoms. The van der Waals surface area contributed by atoms with Gasteiger partial charge in [-0.25, -0.2) is 14.8 Å². The number of ether oxygens (including phenoxy) is 2. The number of carbonyl (C=O) groups excluding carboxylic acids is 1. The minimum Gasteiger partial charge on any atom is -0.504 e. The third kappa shape index (κ3) is 3.63. The van der Waals surface area contributed by atoms with E-state index in [1.807, 2.05) is 30.9 Å². The van der Waals surface area contributed by atoms with Crippen molar-refractivity contribution in [1.82, 2.24) is 4.98 Å². The van der Waals surface area contributed by atoms with Crippen LogP contribution in [-0.4, -0.2) is 54.2 Å². The van der Waals surface area contributed by atoms with Gasteiger partial charge in [0.1, 0.15) is 0 Å². The molecule has 0 aromatic carbocycles. The Morgan fingerprint density at radius 1 is 1.38 bits per heavy atom. The highest BCUT2D eigenvalue weighted by molar-refractivity contribution is 6.21. The van der Waals surface area contributed by atoms with Gasteiger partial charge >= 0.3 is 5.97 Å². The van der Waals surface area contributed by atoms with Gasteiger partial charge in [0.25, 0.3) is 0 Å². The fourth-order valence-electron chi connectivity index (χ4n) is 3.66. The van der Waals surface area contributed by atoms with Crippen LogP contribution in [0, 0.1) is 0 Å². The molecule has 0 saturated carbocycles. The fourth-order valence-corrected chi connectivity index (χ4v) is 3.66. The predicted octanol–water partition coefficient (Wildman–Crippen LogP) is 3.43. The maximum Gasteiger partial charge on any atom is 0.347 e. The van der Waals surface area contributed by atoms with Crippen molar-refractivity contribution < 1.29 is 23.8 Å². The molecule has 4 heterocycles. The number of hydrogen-bond donors (Lipinski definition) is 1. The van der Waals surface area contributed by atoms with E-state index >= 15 is 0 Å². The van der Waals surface area contributed by atoms with Crippen molar-refractivity contribution in [2.24, 2.45) is 4.99 Å². The smallest absolute Gasteiger partial charge is 0.347 e. The first-order valence-electron chi connectivity index (χ1n) is 9.62. The van der Waals surface area contributed by atoms with Crippen LogP contribution in [0.1, 0.15) is 42.5 Å². The minimum absolute atomic E-state index is 0.0290. The van der Waals surface area contributed by atoms with Crippen molar-refractivity contribution in [2.45, 2.75) is 33.0 Å². The Morgan fingerprint density at radius 2 is 2.14 bits per heavy atom. The number of rotatable bonds is 4. The molecule has 8 nitrogen and oxygen atoms in total. The molecule has 0 spiro atoms. The number of pyridine rings is 1. The van der Waals surface area contributed by atoms with Crippen LogP contribution in [0.4, 0.5) is 11.7 Å². The number of aromatic nitrogens is 1. The lowest BCUT2D eigenvalue weighted by Crippen LogP contribution is -2.45. The first-order valence-corrected chi connectivity index (χ1v) is 9.62. The summed E-state index contributed by atoms with van der Waals surface area (Å²) >= 11 is 0. The van der Waals surface area contributed by atoms with Gasteiger partial charge in [-0.05, 0) is 39.0 Å². The van der Waals surface area contributed by atoms with E-state index in [0.717, 1.165) is 11.1 Å². The van der Waals surface area contributed by atoms with Crippen molar-refractivity contribution in [2.75, 3.05) is 24.6 Å². The number of nitrogens with zero attached hydrogens (tertiary/aromatic N) is 3. The van der Waals surface area contributed by atoms with E-state index in [2.05, 4.69) is 9.98 Å². The summed E-state index contributed by atoms with van der Waals surface area (Å²) in [4.78, 5) is 23.0. The van der Waals surface area contributed by atoms with Crippen molar-refractivity contribution in [3.05, 3.63) is 35.2 Å². The third-order valence-corrected chi connectivity index (χ3v) is 4.79. The Bertz CT molecular complexity index is 984. The number of fused-ring (bicyclic) bond motifs is 1. The Kier molecular flexibility index (Phi) is 5.10. The van der Waals surface area contributed by atoms with Gasteiger partial charge in [0, 0.05) is 36.6 Å². The van der Waals surface area contributed by atoms with Gasteiger partial charge in [0.15, 0.2) is 22.9 Å². The van der Waals surface area contributed by atoms with Crippen molar-refractivity contribution in [1.29, 1.82) is 0 Å². The van der Waals surface area contributed by atoms with Crippen molar-refractivity contribution >= 4 is 35.5 Å². The second-order valence-electron chi connectivity index (χ2n) is 7.11. The van der Waals surface area contributed by atoms with Crippen LogP contribution in [0.5, 0.6) is 5.75 Å². The summed E-state index contributed by atoms with van der Waals surface area (Å²) in [5, 5.41) is 10.8. The molecule has 0 unspecified atom stereocenters. The molecule has 1 N–H and O–H groups in total. The summed E-state index contributed by atoms with van der Waals surface area (Å²) in [5.74, 6) is 0.196. The molecule has 0 amide bonds. The van der Waals surface area contributed by atoms with E-state index < -0.39 is 5.97 Å². The maximum atomic E-state index is 12.6. The standard InChI is InChI=1S/C21H23N3O5/c1-4-27-21(26)17-18(25)16(8-14-9-23-19-15(14)6-5-7-22-19)29-20(17)24-10-12(2)28-13(3)11-24/h5-9,12-13,25H,4,10-11H2,1-3H3/t12-,13+. The molecule has 152 valence electrons. The lowest BCUT2D eigenvalue weighted by Gasteiger charge is -2.35. The molecule has 0 radical (unpaired) electrons. The van der Waals surface area contributed by atoms with E-state index in [0.29, 0.717) is 18.9 Å². The highest BCUT2D eigenvalue weighted by Gasteiger charge is 2.33. The van der Waals surface area contributed by atoms with Crippen LogP contribution >= 0.6 is 0 Å². The Labute approximate surface area is 168 Å². The lowest BCUT2D eigenvalue weighted by atomic mass is 10.1. The number of allylic oxidation sites excluding steroid dienone is 1. The van der Waals surface area contributed by atoms with Crippen LogP contribution in [-0.2, 0) is 9.47 Å². The number of carbonyl (C=O) groups is 1.